The number of alkyl halides is 3. The van der Waals surface area contributed by atoms with Crippen LogP contribution in [0.5, 0.6) is 5.75 Å². The molecule has 0 radical (unpaired) electrons. The van der Waals surface area contributed by atoms with Crippen molar-refractivity contribution in [2.24, 2.45) is 11.8 Å². The summed E-state index contributed by atoms with van der Waals surface area (Å²) in [7, 11) is 0. The molecule has 2 rings (SSSR count). The second-order valence-corrected chi connectivity index (χ2v) is 6.25. The number of nitrogens with one attached hydrogen (secondary N) is 2. The van der Waals surface area contributed by atoms with Crippen LogP contribution in [0.4, 0.5) is 18.9 Å². The van der Waals surface area contributed by atoms with Gasteiger partial charge in [0, 0.05) is 18.2 Å². The summed E-state index contributed by atoms with van der Waals surface area (Å²) in [6, 6.07) is 6.02. The van der Waals surface area contributed by atoms with Crippen LogP contribution in [-0.2, 0) is 4.79 Å². The first-order valence-corrected chi connectivity index (χ1v) is 8.13. The quantitative estimate of drug-likeness (QED) is 0.829. The van der Waals surface area contributed by atoms with Crippen molar-refractivity contribution in [1.29, 1.82) is 0 Å². The number of piperidine rings is 1. The van der Waals surface area contributed by atoms with Crippen LogP contribution in [0.15, 0.2) is 24.3 Å². The number of carbonyl (C=O) groups is 1. The Morgan fingerprint density at radius 1 is 1.38 bits per heavy atom. The first kappa shape index (κ1) is 18.6. The summed E-state index contributed by atoms with van der Waals surface area (Å²) in [5, 5.41) is 6.03. The van der Waals surface area contributed by atoms with E-state index in [-0.39, 0.29) is 17.6 Å². The fraction of sp³-hybridized carbons (Fsp3) is 0.588. The van der Waals surface area contributed by atoms with Crippen LogP contribution in [0, 0.1) is 11.8 Å². The maximum Gasteiger partial charge on any atom is 0.422 e. The van der Waals surface area contributed by atoms with Crippen LogP contribution < -0.4 is 15.4 Å². The zero-order valence-corrected chi connectivity index (χ0v) is 13.7. The third-order valence-corrected chi connectivity index (χ3v) is 4.22. The highest BCUT2D eigenvalue weighted by atomic mass is 19.4. The molecule has 1 atom stereocenters. The molecule has 2 N–H and O–H groups in total. The van der Waals surface area contributed by atoms with Gasteiger partial charge in [0.1, 0.15) is 5.75 Å². The van der Waals surface area contributed by atoms with Crippen molar-refractivity contribution >= 4 is 11.6 Å². The summed E-state index contributed by atoms with van der Waals surface area (Å²) in [6.45, 7) is 2.68. The average Bonchev–Trinajstić information content (AvgIpc) is 2.53. The molecule has 1 aromatic rings. The average molecular weight is 344 g/mol. The van der Waals surface area contributed by atoms with E-state index in [0.717, 1.165) is 25.9 Å². The third-order valence-electron chi connectivity index (χ3n) is 4.22. The van der Waals surface area contributed by atoms with Gasteiger partial charge in [-0.15, -0.1) is 0 Å². The van der Waals surface area contributed by atoms with E-state index < -0.39 is 12.8 Å². The second-order valence-electron chi connectivity index (χ2n) is 6.25. The summed E-state index contributed by atoms with van der Waals surface area (Å²) in [5.74, 6) is 0.751. The number of hydrogen-bond acceptors (Lipinski definition) is 3. The normalized spacial score (nSPS) is 17.3. The summed E-state index contributed by atoms with van der Waals surface area (Å²) in [4.78, 5) is 12.1. The highest BCUT2D eigenvalue weighted by Gasteiger charge is 2.28. The van der Waals surface area contributed by atoms with Gasteiger partial charge in [0.2, 0.25) is 5.91 Å². The molecule has 0 bridgehead atoms. The lowest BCUT2D eigenvalue weighted by molar-refractivity contribution is -0.153. The van der Waals surface area contributed by atoms with Crippen LogP contribution in [0.25, 0.3) is 0 Å². The summed E-state index contributed by atoms with van der Waals surface area (Å²) >= 11 is 0. The molecule has 7 heteroatoms. The van der Waals surface area contributed by atoms with E-state index >= 15 is 0 Å². The molecule has 1 unspecified atom stereocenters. The van der Waals surface area contributed by atoms with Gasteiger partial charge >= 0.3 is 6.18 Å². The van der Waals surface area contributed by atoms with Crippen molar-refractivity contribution in [3.05, 3.63) is 24.3 Å². The minimum absolute atomic E-state index is 0.0801. The van der Waals surface area contributed by atoms with Gasteiger partial charge in [0.15, 0.2) is 6.61 Å². The highest BCUT2D eigenvalue weighted by molar-refractivity contribution is 5.91. The number of benzene rings is 1. The number of halogens is 3. The Balaban J connectivity index is 1.84. The van der Waals surface area contributed by atoms with E-state index in [1.54, 1.807) is 12.1 Å². The Morgan fingerprint density at radius 2 is 2.08 bits per heavy atom. The molecule has 4 nitrogen and oxygen atoms in total. The number of carbonyl (C=O) groups excluding carboxylic acids is 1. The number of ether oxygens (including phenoxy) is 1. The monoisotopic (exact) mass is 344 g/mol. The Labute approximate surface area is 139 Å². The minimum Gasteiger partial charge on any atom is -0.484 e. The Kier molecular flexibility index (Phi) is 6.48. The van der Waals surface area contributed by atoms with Gasteiger partial charge in [0.05, 0.1) is 0 Å². The van der Waals surface area contributed by atoms with E-state index in [9.17, 15) is 18.0 Å². The maximum atomic E-state index is 12.2. The van der Waals surface area contributed by atoms with Crippen molar-refractivity contribution in [2.75, 3.05) is 25.0 Å². The largest absolute Gasteiger partial charge is 0.484 e. The van der Waals surface area contributed by atoms with Gasteiger partial charge in [-0.3, -0.25) is 4.79 Å². The summed E-state index contributed by atoms with van der Waals surface area (Å²) in [5.41, 5.74) is 0.442. The lowest BCUT2D eigenvalue weighted by Crippen LogP contribution is -2.32. The molecule has 1 saturated heterocycles. The molecule has 0 spiro atoms. The van der Waals surface area contributed by atoms with Crippen molar-refractivity contribution in [3.8, 4) is 5.75 Å². The van der Waals surface area contributed by atoms with Crippen LogP contribution in [0.1, 0.15) is 26.2 Å². The molecule has 0 saturated carbocycles. The van der Waals surface area contributed by atoms with Crippen molar-refractivity contribution in [2.45, 2.75) is 32.4 Å². The van der Waals surface area contributed by atoms with Gasteiger partial charge in [-0.05, 0) is 49.9 Å². The molecule has 134 valence electrons. The topological polar surface area (TPSA) is 50.4 Å². The van der Waals surface area contributed by atoms with Crippen LogP contribution >= 0.6 is 0 Å². The number of rotatable bonds is 6. The molecule has 1 amide bonds. The van der Waals surface area contributed by atoms with Crippen molar-refractivity contribution in [3.63, 3.8) is 0 Å². The SMILES string of the molecule is CC(CC(=O)Nc1cccc(OCC(F)(F)F)c1)C1CCNCC1. The predicted octanol–water partition coefficient (Wildman–Crippen LogP) is 3.59. The van der Waals surface area contributed by atoms with Crippen molar-refractivity contribution < 1.29 is 22.7 Å². The zero-order chi connectivity index (χ0) is 17.6. The molecule has 24 heavy (non-hydrogen) atoms. The molecular weight excluding hydrogens is 321 g/mol. The fourth-order valence-electron chi connectivity index (χ4n) is 2.91. The third kappa shape index (κ3) is 6.39. The van der Waals surface area contributed by atoms with Gasteiger partial charge in [0.25, 0.3) is 0 Å². The van der Waals surface area contributed by atoms with Crippen LogP contribution in [0.2, 0.25) is 0 Å². The molecule has 1 aromatic carbocycles. The lowest BCUT2D eigenvalue weighted by Gasteiger charge is -2.27. The van der Waals surface area contributed by atoms with E-state index in [0.29, 0.717) is 18.0 Å². The Bertz CT molecular complexity index is 543. The Morgan fingerprint density at radius 3 is 2.75 bits per heavy atom. The summed E-state index contributed by atoms with van der Waals surface area (Å²) < 4.78 is 41.2. The molecule has 1 fully saturated rings. The van der Waals surface area contributed by atoms with Gasteiger partial charge < -0.3 is 15.4 Å². The lowest BCUT2D eigenvalue weighted by atomic mass is 9.84. The fourth-order valence-corrected chi connectivity index (χ4v) is 2.91. The standard InChI is InChI=1S/C17H23F3N2O2/c1-12(13-5-7-21-8-6-13)9-16(23)22-14-3-2-4-15(10-14)24-11-17(18,19)20/h2-4,10,12-13,21H,5-9,11H2,1H3,(H,22,23). The van der Waals surface area contributed by atoms with E-state index in [2.05, 4.69) is 22.3 Å². The van der Waals surface area contributed by atoms with Gasteiger partial charge in [-0.1, -0.05) is 13.0 Å². The molecule has 1 heterocycles. The molecule has 0 aromatic heterocycles. The maximum absolute atomic E-state index is 12.2. The predicted molar refractivity (Wildman–Crippen MR) is 86.0 cm³/mol. The zero-order valence-electron chi connectivity index (χ0n) is 13.7. The van der Waals surface area contributed by atoms with Crippen LogP contribution in [0.3, 0.4) is 0 Å². The highest BCUT2D eigenvalue weighted by Crippen LogP contribution is 2.25. The number of anilines is 1. The van der Waals surface area contributed by atoms with Crippen molar-refractivity contribution in [1.82, 2.24) is 5.32 Å². The summed E-state index contributed by atoms with van der Waals surface area (Å²) in [6.07, 6.45) is -1.85. The van der Waals surface area contributed by atoms with Gasteiger partial charge in [-0.25, -0.2) is 0 Å². The number of amides is 1. The molecule has 0 aliphatic carbocycles. The molecular formula is C17H23F3N2O2. The first-order valence-electron chi connectivity index (χ1n) is 8.13. The minimum atomic E-state index is -4.39. The van der Waals surface area contributed by atoms with E-state index in [1.807, 2.05) is 0 Å². The van der Waals surface area contributed by atoms with E-state index in [1.165, 1.54) is 12.1 Å². The van der Waals surface area contributed by atoms with Crippen LogP contribution in [-0.4, -0.2) is 31.8 Å². The number of hydrogen-bond donors (Lipinski definition) is 2. The molecule has 1 aliphatic rings. The van der Waals surface area contributed by atoms with Gasteiger partial charge in [-0.2, -0.15) is 13.2 Å². The van der Waals surface area contributed by atoms with E-state index in [4.69, 9.17) is 0 Å². The smallest absolute Gasteiger partial charge is 0.422 e. The second kappa shape index (κ2) is 8.37. The molecule has 1 aliphatic heterocycles. The Hall–Kier alpha value is -1.76. The first-order chi connectivity index (χ1) is 11.3.